The maximum atomic E-state index is 9.13. The molecule has 3 N–H and O–H groups in total. The first-order valence-corrected chi connectivity index (χ1v) is 7.47. The zero-order valence-corrected chi connectivity index (χ0v) is 12.4. The number of nitrogen functional groups attached to an aromatic ring is 1. The predicted octanol–water partition coefficient (Wildman–Crippen LogP) is 2.73. The Hall–Kier alpha value is -2.00. The molecule has 20 heavy (non-hydrogen) atoms. The van der Waals surface area contributed by atoms with Gasteiger partial charge >= 0.3 is 0 Å². The number of hydrogen-bond donors (Lipinski definition) is 2. The number of anilines is 2. The maximum Gasteiger partial charge on any atom is 0.130 e. The van der Waals surface area contributed by atoms with Crippen molar-refractivity contribution in [2.75, 3.05) is 11.1 Å². The molecule has 0 atom stereocenters. The summed E-state index contributed by atoms with van der Waals surface area (Å²) in [4.78, 5) is 0.623. The number of rotatable bonds is 4. The largest absolute Gasteiger partial charge is 0.397 e. The molecule has 6 heteroatoms. The average Bonchev–Trinajstić information content (AvgIpc) is 3.12. The highest BCUT2D eigenvalue weighted by atomic mass is 32.1. The van der Waals surface area contributed by atoms with Crippen molar-refractivity contribution in [1.82, 2.24) is 9.78 Å². The van der Waals surface area contributed by atoms with E-state index >= 15 is 0 Å². The van der Waals surface area contributed by atoms with Gasteiger partial charge in [0, 0.05) is 30.9 Å². The molecule has 0 aliphatic heterocycles. The predicted molar refractivity (Wildman–Crippen MR) is 80.7 cm³/mol. The lowest BCUT2D eigenvalue weighted by Crippen LogP contribution is -2.01. The van der Waals surface area contributed by atoms with Gasteiger partial charge in [-0.3, -0.25) is 4.68 Å². The molecule has 0 spiro atoms. The van der Waals surface area contributed by atoms with E-state index in [0.29, 0.717) is 23.0 Å². The van der Waals surface area contributed by atoms with Gasteiger partial charge in [-0.1, -0.05) is 0 Å². The molecule has 0 unspecified atom stereocenters. The van der Waals surface area contributed by atoms with Crippen molar-refractivity contribution in [1.29, 1.82) is 5.26 Å². The molecule has 0 aromatic carbocycles. The van der Waals surface area contributed by atoms with E-state index in [1.165, 1.54) is 29.7 Å². The van der Waals surface area contributed by atoms with E-state index in [0.717, 1.165) is 16.3 Å². The van der Waals surface area contributed by atoms with E-state index in [1.807, 2.05) is 24.9 Å². The van der Waals surface area contributed by atoms with Crippen LogP contribution in [0.3, 0.4) is 0 Å². The number of nitriles is 1. The fourth-order valence-electron chi connectivity index (χ4n) is 2.45. The SMILES string of the molecule is Cc1nn(C)cc1CNc1sc(C#N)c(N)c1C1CC1. The smallest absolute Gasteiger partial charge is 0.130 e. The summed E-state index contributed by atoms with van der Waals surface area (Å²) in [5.41, 5.74) is 10.1. The van der Waals surface area contributed by atoms with Crippen LogP contribution in [0.25, 0.3) is 0 Å². The van der Waals surface area contributed by atoms with Gasteiger partial charge in [0.25, 0.3) is 0 Å². The summed E-state index contributed by atoms with van der Waals surface area (Å²) in [6, 6.07) is 2.19. The van der Waals surface area contributed by atoms with Crippen LogP contribution >= 0.6 is 11.3 Å². The van der Waals surface area contributed by atoms with E-state index in [9.17, 15) is 0 Å². The highest BCUT2D eigenvalue weighted by molar-refractivity contribution is 7.17. The molecule has 104 valence electrons. The second-order valence-electron chi connectivity index (χ2n) is 5.24. The molecule has 5 nitrogen and oxygen atoms in total. The highest BCUT2D eigenvalue weighted by Gasteiger charge is 2.31. The summed E-state index contributed by atoms with van der Waals surface area (Å²) >= 11 is 1.46. The van der Waals surface area contributed by atoms with Crippen molar-refractivity contribution in [3.63, 3.8) is 0 Å². The van der Waals surface area contributed by atoms with E-state index in [-0.39, 0.29) is 0 Å². The van der Waals surface area contributed by atoms with Crippen LogP contribution in [-0.4, -0.2) is 9.78 Å². The lowest BCUT2D eigenvalue weighted by atomic mass is 10.1. The number of thiophene rings is 1. The van der Waals surface area contributed by atoms with Gasteiger partial charge in [-0.05, 0) is 25.7 Å². The van der Waals surface area contributed by atoms with Gasteiger partial charge in [0.1, 0.15) is 10.9 Å². The van der Waals surface area contributed by atoms with Crippen molar-refractivity contribution in [3.05, 3.63) is 27.9 Å². The zero-order valence-electron chi connectivity index (χ0n) is 11.6. The normalized spacial score (nSPS) is 14.2. The maximum absolute atomic E-state index is 9.13. The molecule has 0 saturated heterocycles. The summed E-state index contributed by atoms with van der Waals surface area (Å²) in [5, 5.41) is 17.9. The van der Waals surface area contributed by atoms with Gasteiger partial charge in [0.2, 0.25) is 0 Å². The van der Waals surface area contributed by atoms with Crippen molar-refractivity contribution in [2.24, 2.45) is 7.05 Å². The Labute approximate surface area is 122 Å². The van der Waals surface area contributed by atoms with Crippen molar-refractivity contribution in [3.8, 4) is 6.07 Å². The molecule has 0 amide bonds. The highest BCUT2D eigenvalue weighted by Crippen LogP contribution is 2.50. The molecule has 0 radical (unpaired) electrons. The third-order valence-electron chi connectivity index (χ3n) is 3.63. The first-order chi connectivity index (χ1) is 9.60. The minimum atomic E-state index is 0.533. The molecule has 0 bridgehead atoms. The lowest BCUT2D eigenvalue weighted by molar-refractivity contribution is 0.756. The van der Waals surface area contributed by atoms with Gasteiger partial charge in [0.15, 0.2) is 0 Å². The molecule has 2 aromatic heterocycles. The fraction of sp³-hybridized carbons (Fsp3) is 0.429. The summed E-state index contributed by atoms with van der Waals surface area (Å²) in [6.45, 7) is 2.71. The first kappa shape index (κ1) is 13.0. The van der Waals surface area contributed by atoms with Crippen molar-refractivity contribution < 1.29 is 0 Å². The van der Waals surface area contributed by atoms with Crippen LogP contribution in [0.2, 0.25) is 0 Å². The van der Waals surface area contributed by atoms with Crippen molar-refractivity contribution in [2.45, 2.75) is 32.2 Å². The van der Waals surface area contributed by atoms with Crippen LogP contribution in [0.5, 0.6) is 0 Å². The molecular weight excluding hydrogens is 270 g/mol. The number of nitrogens with zero attached hydrogens (tertiary/aromatic N) is 3. The van der Waals surface area contributed by atoms with Crippen LogP contribution in [0, 0.1) is 18.3 Å². The second-order valence-corrected chi connectivity index (χ2v) is 6.26. The molecule has 1 fully saturated rings. The quantitative estimate of drug-likeness (QED) is 0.906. The summed E-state index contributed by atoms with van der Waals surface area (Å²) in [6.07, 6.45) is 4.36. The van der Waals surface area contributed by atoms with Crippen LogP contribution in [-0.2, 0) is 13.6 Å². The molecule has 1 aliphatic rings. The van der Waals surface area contributed by atoms with Gasteiger partial charge in [0.05, 0.1) is 16.4 Å². The third-order valence-corrected chi connectivity index (χ3v) is 4.71. The number of nitrogens with two attached hydrogens (primary N) is 1. The molecule has 1 saturated carbocycles. The van der Waals surface area contributed by atoms with E-state index in [1.54, 1.807) is 0 Å². The van der Waals surface area contributed by atoms with Gasteiger partial charge in [-0.2, -0.15) is 10.4 Å². The Balaban J connectivity index is 1.84. The van der Waals surface area contributed by atoms with Crippen LogP contribution in [0.4, 0.5) is 10.7 Å². The van der Waals surface area contributed by atoms with E-state index < -0.39 is 0 Å². The number of nitrogens with one attached hydrogen (secondary N) is 1. The zero-order chi connectivity index (χ0) is 14.3. The van der Waals surface area contributed by atoms with Gasteiger partial charge < -0.3 is 11.1 Å². The van der Waals surface area contributed by atoms with E-state index in [4.69, 9.17) is 11.0 Å². The van der Waals surface area contributed by atoms with Crippen molar-refractivity contribution >= 4 is 22.0 Å². The average molecular weight is 287 g/mol. The Bertz CT molecular complexity index is 687. The van der Waals surface area contributed by atoms with E-state index in [2.05, 4.69) is 16.5 Å². The Morgan fingerprint density at radius 1 is 1.60 bits per heavy atom. The minimum absolute atomic E-state index is 0.533. The molecule has 1 aliphatic carbocycles. The topological polar surface area (TPSA) is 79.7 Å². The molecule has 2 heterocycles. The fourth-order valence-corrected chi connectivity index (χ4v) is 3.45. The van der Waals surface area contributed by atoms with Gasteiger partial charge in [-0.15, -0.1) is 11.3 Å². The first-order valence-electron chi connectivity index (χ1n) is 6.65. The Morgan fingerprint density at radius 2 is 2.35 bits per heavy atom. The standard InChI is InChI=1S/C14H17N5S/c1-8-10(7-19(2)18-8)6-17-14-12(9-3-4-9)13(16)11(5-15)20-14/h7,9,17H,3-4,6,16H2,1-2H3. The summed E-state index contributed by atoms with van der Waals surface area (Å²) in [7, 11) is 1.92. The van der Waals surface area contributed by atoms with Crippen LogP contribution in [0.1, 0.15) is 40.5 Å². The summed E-state index contributed by atoms with van der Waals surface area (Å²) in [5.74, 6) is 0.533. The molecule has 2 aromatic rings. The molecular formula is C14H17N5S. The lowest BCUT2D eigenvalue weighted by Gasteiger charge is -2.06. The van der Waals surface area contributed by atoms with Crippen LogP contribution in [0.15, 0.2) is 6.20 Å². The second kappa shape index (κ2) is 4.84. The van der Waals surface area contributed by atoms with Crippen LogP contribution < -0.4 is 11.1 Å². The number of aromatic nitrogens is 2. The summed E-state index contributed by atoms with van der Waals surface area (Å²) < 4.78 is 1.82. The minimum Gasteiger partial charge on any atom is -0.397 e. The number of hydrogen-bond acceptors (Lipinski definition) is 5. The van der Waals surface area contributed by atoms with Gasteiger partial charge in [-0.25, -0.2) is 0 Å². The Morgan fingerprint density at radius 3 is 2.90 bits per heavy atom. The monoisotopic (exact) mass is 287 g/mol. The molecule has 3 rings (SSSR count). The third kappa shape index (κ3) is 2.25. The Kier molecular flexibility index (Phi) is 3.14. The number of aryl methyl sites for hydroxylation is 2.